The van der Waals surface area contributed by atoms with E-state index >= 15 is 0 Å². The molecule has 0 aliphatic carbocycles. The zero-order valence-corrected chi connectivity index (χ0v) is 12.4. The molecule has 1 amide bonds. The van der Waals surface area contributed by atoms with Gasteiger partial charge in [0, 0.05) is 7.05 Å². The molecule has 0 aliphatic heterocycles. The van der Waals surface area contributed by atoms with Crippen molar-refractivity contribution < 1.29 is 19.4 Å². The van der Waals surface area contributed by atoms with Crippen molar-refractivity contribution in [2.24, 2.45) is 0 Å². The zero-order valence-electron chi connectivity index (χ0n) is 10.9. The number of ether oxygens (including phenoxy) is 1. The number of carbonyl (C=O) groups excluding carboxylic acids is 1. The predicted molar refractivity (Wildman–Crippen MR) is 74.3 cm³/mol. The maximum absolute atomic E-state index is 11.6. The second-order valence-electron chi connectivity index (χ2n) is 4.18. The standard InChI is InChI=1S/C13H16BrNO4/c1-9-3-4-11(10(14)7-9)19-6-5-12(16)15(2)8-13(17)18/h3-4,7H,5-6,8H2,1-2H3,(H,17,18). The summed E-state index contributed by atoms with van der Waals surface area (Å²) in [7, 11) is 1.46. The van der Waals surface area contributed by atoms with Crippen LogP contribution in [-0.4, -0.2) is 42.1 Å². The molecule has 0 atom stereocenters. The normalized spacial score (nSPS) is 10.1. The number of aryl methyl sites for hydroxylation is 1. The third-order valence-corrected chi connectivity index (χ3v) is 3.08. The van der Waals surface area contributed by atoms with E-state index < -0.39 is 5.97 Å². The maximum atomic E-state index is 11.6. The van der Waals surface area contributed by atoms with Crippen LogP contribution in [0.25, 0.3) is 0 Å². The summed E-state index contributed by atoms with van der Waals surface area (Å²) >= 11 is 3.38. The summed E-state index contributed by atoms with van der Waals surface area (Å²) in [4.78, 5) is 23.2. The van der Waals surface area contributed by atoms with Crippen molar-refractivity contribution in [2.45, 2.75) is 13.3 Å². The molecule has 0 saturated heterocycles. The molecule has 0 aliphatic rings. The predicted octanol–water partition coefficient (Wildman–Crippen LogP) is 2.07. The number of likely N-dealkylation sites (N-methyl/N-ethyl adjacent to an activating group) is 1. The number of nitrogens with zero attached hydrogens (tertiary/aromatic N) is 1. The minimum atomic E-state index is -1.03. The quantitative estimate of drug-likeness (QED) is 0.867. The second-order valence-corrected chi connectivity index (χ2v) is 5.03. The van der Waals surface area contributed by atoms with Crippen molar-refractivity contribution >= 4 is 27.8 Å². The van der Waals surface area contributed by atoms with Crippen LogP contribution in [0.1, 0.15) is 12.0 Å². The molecule has 1 N–H and O–H groups in total. The molecule has 6 heteroatoms. The number of halogens is 1. The van der Waals surface area contributed by atoms with Crippen LogP contribution in [0.4, 0.5) is 0 Å². The fourth-order valence-electron chi connectivity index (χ4n) is 1.45. The van der Waals surface area contributed by atoms with Gasteiger partial charge >= 0.3 is 5.97 Å². The molecule has 104 valence electrons. The highest BCUT2D eigenvalue weighted by Gasteiger charge is 2.12. The van der Waals surface area contributed by atoms with E-state index in [1.165, 1.54) is 7.05 Å². The third kappa shape index (κ3) is 5.30. The SMILES string of the molecule is Cc1ccc(OCCC(=O)N(C)CC(=O)O)c(Br)c1. The van der Waals surface area contributed by atoms with E-state index in [4.69, 9.17) is 9.84 Å². The van der Waals surface area contributed by atoms with Gasteiger partial charge in [-0.25, -0.2) is 0 Å². The lowest BCUT2D eigenvalue weighted by atomic mass is 10.2. The minimum absolute atomic E-state index is 0.143. The molecule has 0 unspecified atom stereocenters. The Morgan fingerprint density at radius 1 is 1.42 bits per heavy atom. The van der Waals surface area contributed by atoms with Crippen molar-refractivity contribution in [3.05, 3.63) is 28.2 Å². The smallest absolute Gasteiger partial charge is 0.323 e. The Bertz CT molecular complexity index is 476. The van der Waals surface area contributed by atoms with Gasteiger partial charge in [-0.15, -0.1) is 0 Å². The van der Waals surface area contributed by atoms with Crippen molar-refractivity contribution in [3.8, 4) is 5.75 Å². The molecule has 0 fully saturated rings. The second kappa shape index (κ2) is 7.13. The monoisotopic (exact) mass is 329 g/mol. The average Bonchev–Trinajstić information content (AvgIpc) is 2.30. The molecule has 1 rings (SSSR count). The topological polar surface area (TPSA) is 66.8 Å². The Morgan fingerprint density at radius 2 is 2.11 bits per heavy atom. The number of rotatable bonds is 6. The molecule has 0 saturated carbocycles. The van der Waals surface area contributed by atoms with Crippen LogP contribution in [0.3, 0.4) is 0 Å². The number of amides is 1. The number of carbonyl (C=O) groups is 2. The first kappa shape index (κ1) is 15.5. The van der Waals surface area contributed by atoms with Crippen LogP contribution in [0, 0.1) is 6.92 Å². The van der Waals surface area contributed by atoms with E-state index in [1.54, 1.807) is 0 Å². The summed E-state index contributed by atoms with van der Waals surface area (Å²) in [5, 5.41) is 8.57. The number of carboxylic acid groups (broad SMARTS) is 1. The number of aliphatic carboxylic acids is 1. The zero-order chi connectivity index (χ0) is 14.4. The fraction of sp³-hybridized carbons (Fsp3) is 0.385. The van der Waals surface area contributed by atoms with Gasteiger partial charge in [0.25, 0.3) is 0 Å². The van der Waals surface area contributed by atoms with Gasteiger partial charge in [0.05, 0.1) is 17.5 Å². The lowest BCUT2D eigenvalue weighted by Gasteiger charge is -2.15. The molecule has 1 aromatic rings. The van der Waals surface area contributed by atoms with Gasteiger partial charge in [0.2, 0.25) is 5.91 Å². The number of carboxylic acids is 1. The van der Waals surface area contributed by atoms with Crippen LogP contribution in [0.5, 0.6) is 5.75 Å². The highest BCUT2D eigenvalue weighted by Crippen LogP contribution is 2.25. The van der Waals surface area contributed by atoms with Gasteiger partial charge in [0.1, 0.15) is 12.3 Å². The number of benzene rings is 1. The maximum Gasteiger partial charge on any atom is 0.323 e. The molecule has 0 aromatic heterocycles. The Morgan fingerprint density at radius 3 is 2.68 bits per heavy atom. The summed E-state index contributed by atoms with van der Waals surface area (Å²) in [6.07, 6.45) is 0.143. The Labute approximate surface area is 120 Å². The van der Waals surface area contributed by atoms with E-state index in [-0.39, 0.29) is 25.5 Å². The van der Waals surface area contributed by atoms with Crippen LogP contribution in [-0.2, 0) is 9.59 Å². The molecule has 0 radical (unpaired) electrons. The van der Waals surface area contributed by atoms with Gasteiger partial charge < -0.3 is 14.7 Å². The average molecular weight is 330 g/mol. The van der Waals surface area contributed by atoms with Crippen LogP contribution in [0.2, 0.25) is 0 Å². The molecule has 0 heterocycles. The Kier molecular flexibility index (Phi) is 5.82. The van der Waals surface area contributed by atoms with Crippen LogP contribution >= 0.6 is 15.9 Å². The van der Waals surface area contributed by atoms with Crippen LogP contribution in [0.15, 0.2) is 22.7 Å². The van der Waals surface area contributed by atoms with Gasteiger partial charge in [-0.3, -0.25) is 9.59 Å². The Balaban J connectivity index is 2.41. The lowest BCUT2D eigenvalue weighted by Crippen LogP contribution is -2.32. The van der Waals surface area contributed by atoms with Crippen molar-refractivity contribution in [3.63, 3.8) is 0 Å². The highest BCUT2D eigenvalue weighted by molar-refractivity contribution is 9.10. The van der Waals surface area contributed by atoms with Crippen LogP contribution < -0.4 is 4.74 Å². The van der Waals surface area contributed by atoms with E-state index in [1.807, 2.05) is 25.1 Å². The summed E-state index contributed by atoms with van der Waals surface area (Å²) in [5.41, 5.74) is 1.11. The Hall–Kier alpha value is -1.56. The first-order valence-electron chi connectivity index (χ1n) is 5.75. The minimum Gasteiger partial charge on any atom is -0.492 e. The molecule has 19 heavy (non-hydrogen) atoms. The van der Waals surface area contributed by atoms with Gasteiger partial charge in [0.15, 0.2) is 0 Å². The van der Waals surface area contributed by atoms with Crippen molar-refractivity contribution in [1.82, 2.24) is 4.90 Å². The first-order valence-corrected chi connectivity index (χ1v) is 6.54. The lowest BCUT2D eigenvalue weighted by molar-refractivity contribution is -0.143. The van der Waals surface area contributed by atoms with Gasteiger partial charge in [-0.1, -0.05) is 6.07 Å². The van der Waals surface area contributed by atoms with E-state index in [0.717, 1.165) is 14.9 Å². The van der Waals surface area contributed by atoms with E-state index in [0.29, 0.717) is 5.75 Å². The molecule has 0 bridgehead atoms. The molecule has 0 spiro atoms. The summed E-state index contributed by atoms with van der Waals surface area (Å²) < 4.78 is 6.31. The number of hydrogen-bond acceptors (Lipinski definition) is 3. The molecular formula is C13H16BrNO4. The fourth-order valence-corrected chi connectivity index (χ4v) is 2.06. The van der Waals surface area contributed by atoms with Gasteiger partial charge in [-0.05, 0) is 40.5 Å². The van der Waals surface area contributed by atoms with E-state index in [9.17, 15) is 9.59 Å². The number of hydrogen-bond donors (Lipinski definition) is 1. The third-order valence-electron chi connectivity index (χ3n) is 2.46. The molecule has 5 nitrogen and oxygen atoms in total. The van der Waals surface area contributed by atoms with Gasteiger partial charge in [-0.2, -0.15) is 0 Å². The van der Waals surface area contributed by atoms with Crippen molar-refractivity contribution in [2.75, 3.05) is 20.2 Å². The largest absolute Gasteiger partial charge is 0.492 e. The first-order chi connectivity index (χ1) is 8.90. The highest BCUT2D eigenvalue weighted by atomic mass is 79.9. The van der Waals surface area contributed by atoms with E-state index in [2.05, 4.69) is 15.9 Å². The molecular weight excluding hydrogens is 314 g/mol. The summed E-state index contributed by atoms with van der Waals surface area (Å²) in [6.45, 7) is 1.89. The summed E-state index contributed by atoms with van der Waals surface area (Å²) in [6, 6.07) is 5.66. The summed E-state index contributed by atoms with van der Waals surface area (Å²) in [5.74, 6) is -0.622. The van der Waals surface area contributed by atoms with Crippen molar-refractivity contribution in [1.29, 1.82) is 0 Å². The molecule has 1 aromatic carbocycles.